The van der Waals surface area contributed by atoms with Crippen molar-refractivity contribution in [1.82, 2.24) is 0 Å². The number of fused-ring (bicyclic) bond motifs is 1. The van der Waals surface area contributed by atoms with Crippen molar-refractivity contribution in [2.24, 2.45) is 11.3 Å². The third-order valence-electron chi connectivity index (χ3n) is 5.97. The maximum absolute atomic E-state index is 13.2. The summed E-state index contributed by atoms with van der Waals surface area (Å²) >= 11 is 0. The number of hydrogen-bond acceptors (Lipinski definition) is 3. The van der Waals surface area contributed by atoms with Crippen LogP contribution in [0.5, 0.6) is 0 Å². The van der Waals surface area contributed by atoms with E-state index in [-0.39, 0.29) is 17.1 Å². The van der Waals surface area contributed by atoms with Gasteiger partial charge in [0, 0.05) is 12.0 Å². The summed E-state index contributed by atoms with van der Waals surface area (Å²) in [5.74, 6) is 0.0320. The Morgan fingerprint density at radius 3 is 2.52 bits per heavy atom. The molecular weight excluding hydrogens is 278 g/mol. The minimum absolute atomic E-state index is 0.00967. The monoisotopic (exact) mass is 303 g/mol. The molecule has 0 saturated heterocycles. The van der Waals surface area contributed by atoms with E-state index < -0.39 is 13.5 Å². The standard InChI is InChI=1S/C17H25NO2Si/c1-4-21(5-2,6-3)16(20)14-11-10-13-8-7-9-15(19)17(13,14)12-18/h11,13H,4-10H2,1-3H3/t13-,17-/m1/s1. The summed E-state index contributed by atoms with van der Waals surface area (Å²) in [6.45, 7) is 6.27. The van der Waals surface area contributed by atoms with Gasteiger partial charge in [-0.15, -0.1) is 0 Å². The molecule has 0 bridgehead atoms. The van der Waals surface area contributed by atoms with Gasteiger partial charge >= 0.3 is 0 Å². The highest BCUT2D eigenvalue weighted by molar-refractivity contribution is 7.07. The van der Waals surface area contributed by atoms with Gasteiger partial charge in [0.05, 0.1) is 6.07 Å². The average Bonchev–Trinajstić information content (AvgIpc) is 2.90. The van der Waals surface area contributed by atoms with E-state index >= 15 is 0 Å². The molecule has 3 nitrogen and oxygen atoms in total. The number of carbonyl (C=O) groups excluding carboxylic acids is 2. The molecule has 0 heterocycles. The van der Waals surface area contributed by atoms with Crippen molar-refractivity contribution in [3.8, 4) is 6.07 Å². The molecule has 0 aliphatic heterocycles. The van der Waals surface area contributed by atoms with E-state index in [1.807, 2.05) is 6.08 Å². The first-order chi connectivity index (χ1) is 10.0. The number of hydrogen-bond donors (Lipinski definition) is 0. The van der Waals surface area contributed by atoms with Gasteiger partial charge in [-0.1, -0.05) is 45.0 Å². The van der Waals surface area contributed by atoms with Gasteiger partial charge in [0.25, 0.3) is 0 Å². The third kappa shape index (κ3) is 2.14. The summed E-state index contributed by atoms with van der Waals surface area (Å²) in [4.78, 5) is 25.8. The highest BCUT2D eigenvalue weighted by atomic mass is 28.3. The minimum Gasteiger partial charge on any atom is -0.300 e. The van der Waals surface area contributed by atoms with Crippen LogP contribution in [0.3, 0.4) is 0 Å². The Hall–Kier alpha value is -1.21. The molecule has 114 valence electrons. The molecule has 2 aliphatic carbocycles. The normalized spacial score (nSPS) is 28.8. The van der Waals surface area contributed by atoms with E-state index in [2.05, 4.69) is 26.8 Å². The van der Waals surface area contributed by atoms with Crippen LogP contribution in [-0.2, 0) is 9.59 Å². The number of carbonyl (C=O) groups is 2. The SMILES string of the molecule is CC[Si](CC)(CC)C(=O)C1=CC[C@H]2CCCC(=O)[C@@]12C#N. The van der Waals surface area contributed by atoms with Crippen molar-refractivity contribution in [1.29, 1.82) is 5.26 Å². The Morgan fingerprint density at radius 1 is 1.38 bits per heavy atom. The van der Waals surface area contributed by atoms with Crippen molar-refractivity contribution in [2.45, 2.75) is 64.6 Å². The first-order valence-electron chi connectivity index (χ1n) is 8.22. The topological polar surface area (TPSA) is 57.9 Å². The second kappa shape index (κ2) is 5.88. The van der Waals surface area contributed by atoms with Gasteiger partial charge in [0.2, 0.25) is 0 Å². The van der Waals surface area contributed by atoms with Crippen LogP contribution < -0.4 is 0 Å². The fourth-order valence-corrected chi connectivity index (χ4v) is 7.57. The highest BCUT2D eigenvalue weighted by Crippen LogP contribution is 2.51. The predicted molar refractivity (Wildman–Crippen MR) is 85.3 cm³/mol. The van der Waals surface area contributed by atoms with E-state index in [1.165, 1.54) is 0 Å². The van der Waals surface area contributed by atoms with Crippen molar-refractivity contribution in [3.05, 3.63) is 11.6 Å². The number of nitrogens with zero attached hydrogens (tertiary/aromatic N) is 1. The Kier molecular flexibility index (Phi) is 4.53. The number of allylic oxidation sites excluding steroid dienone is 2. The lowest BCUT2D eigenvalue weighted by Gasteiger charge is -2.37. The van der Waals surface area contributed by atoms with Gasteiger partial charge in [-0.3, -0.25) is 4.79 Å². The van der Waals surface area contributed by atoms with Crippen molar-refractivity contribution in [3.63, 3.8) is 0 Å². The molecule has 0 unspecified atom stereocenters. The summed E-state index contributed by atoms with van der Waals surface area (Å²) in [5, 5.41) is 9.97. The zero-order valence-electron chi connectivity index (χ0n) is 13.4. The Labute approximate surface area is 128 Å². The van der Waals surface area contributed by atoms with Crippen LogP contribution >= 0.6 is 0 Å². The molecule has 0 amide bonds. The van der Waals surface area contributed by atoms with Crippen LogP contribution in [0.15, 0.2) is 11.6 Å². The number of ketones is 1. The van der Waals surface area contributed by atoms with Crippen molar-refractivity contribution in [2.75, 3.05) is 0 Å². The van der Waals surface area contributed by atoms with Crippen molar-refractivity contribution >= 4 is 19.3 Å². The van der Waals surface area contributed by atoms with Crippen LogP contribution in [0.2, 0.25) is 18.1 Å². The fourth-order valence-electron chi connectivity index (χ4n) is 4.24. The van der Waals surface area contributed by atoms with E-state index in [9.17, 15) is 14.9 Å². The van der Waals surface area contributed by atoms with E-state index in [0.29, 0.717) is 12.0 Å². The first kappa shape index (κ1) is 16.2. The fraction of sp³-hybridized carbons (Fsp3) is 0.706. The molecule has 1 saturated carbocycles. The van der Waals surface area contributed by atoms with Gasteiger partial charge in [0.1, 0.15) is 18.9 Å². The molecule has 0 aromatic rings. The lowest BCUT2D eigenvalue weighted by Crippen LogP contribution is -2.49. The van der Waals surface area contributed by atoms with E-state index in [4.69, 9.17) is 0 Å². The summed E-state index contributed by atoms with van der Waals surface area (Å²) < 4.78 is 0. The summed E-state index contributed by atoms with van der Waals surface area (Å²) in [6.07, 6.45) is 4.86. The Balaban J connectivity index is 2.47. The molecule has 0 radical (unpaired) electrons. The molecule has 4 heteroatoms. The van der Waals surface area contributed by atoms with Crippen LogP contribution in [0, 0.1) is 22.7 Å². The molecule has 2 atom stereocenters. The largest absolute Gasteiger partial charge is 0.300 e. The second-order valence-corrected chi connectivity index (χ2v) is 11.6. The molecule has 21 heavy (non-hydrogen) atoms. The quantitative estimate of drug-likeness (QED) is 0.726. The van der Waals surface area contributed by atoms with Gasteiger partial charge in [0.15, 0.2) is 5.78 Å². The maximum Gasteiger partial charge on any atom is 0.157 e. The summed E-state index contributed by atoms with van der Waals surface area (Å²) in [5.41, 5.74) is -0.524. The molecule has 0 spiro atoms. The molecule has 0 aromatic heterocycles. The molecule has 2 aliphatic rings. The van der Waals surface area contributed by atoms with Gasteiger partial charge < -0.3 is 4.79 Å². The van der Waals surface area contributed by atoms with Gasteiger partial charge in [-0.05, 0) is 25.2 Å². The number of rotatable bonds is 5. The smallest absolute Gasteiger partial charge is 0.157 e. The maximum atomic E-state index is 13.2. The molecule has 0 aromatic carbocycles. The summed E-state index contributed by atoms with van der Waals surface area (Å²) in [6, 6.07) is 4.99. The lowest BCUT2D eigenvalue weighted by molar-refractivity contribution is -0.129. The van der Waals surface area contributed by atoms with Gasteiger partial charge in [-0.2, -0.15) is 5.26 Å². The number of nitriles is 1. The van der Waals surface area contributed by atoms with Crippen LogP contribution in [0.25, 0.3) is 0 Å². The van der Waals surface area contributed by atoms with Crippen molar-refractivity contribution < 1.29 is 9.59 Å². The van der Waals surface area contributed by atoms with E-state index in [1.54, 1.807) is 0 Å². The first-order valence-corrected chi connectivity index (χ1v) is 10.8. The zero-order valence-corrected chi connectivity index (χ0v) is 14.4. The van der Waals surface area contributed by atoms with Crippen LogP contribution in [0.1, 0.15) is 46.5 Å². The van der Waals surface area contributed by atoms with E-state index in [0.717, 1.165) is 37.4 Å². The lowest BCUT2D eigenvalue weighted by atomic mass is 9.65. The molecule has 1 fully saturated rings. The van der Waals surface area contributed by atoms with Gasteiger partial charge in [-0.25, -0.2) is 0 Å². The number of Topliss-reactive ketones (excluding diaryl/α,β-unsaturated/α-hetero) is 1. The minimum atomic E-state index is -2.07. The Bertz CT molecular complexity index is 519. The van der Waals surface area contributed by atoms with Crippen LogP contribution in [-0.4, -0.2) is 19.3 Å². The summed E-state index contributed by atoms with van der Waals surface area (Å²) in [7, 11) is -2.07. The second-order valence-electron chi connectivity index (χ2n) is 6.46. The predicted octanol–water partition coefficient (Wildman–Crippen LogP) is 3.81. The Morgan fingerprint density at radius 2 is 2.00 bits per heavy atom. The molecule has 2 rings (SSSR count). The third-order valence-corrected chi connectivity index (χ3v) is 11.3. The zero-order chi connectivity index (χ0) is 15.7. The average molecular weight is 303 g/mol. The van der Waals surface area contributed by atoms with Crippen LogP contribution in [0.4, 0.5) is 0 Å². The highest BCUT2D eigenvalue weighted by Gasteiger charge is 2.57. The molecular formula is C17H25NO2Si. The molecule has 0 N–H and O–H groups in total.